The molecule has 16 heavy (non-hydrogen) atoms. The Labute approximate surface area is 100.0 Å². The molecular weight excluding hydrogens is 276 g/mol. The summed E-state index contributed by atoms with van der Waals surface area (Å²) >= 11 is 3.00. The number of nitro benzene ring substituents is 1. The van der Waals surface area contributed by atoms with Crippen molar-refractivity contribution in [3.63, 3.8) is 0 Å². The lowest BCUT2D eigenvalue weighted by atomic mass is 9.99. The molecule has 1 rings (SSSR count). The van der Waals surface area contributed by atoms with Crippen LogP contribution in [0.25, 0.3) is 0 Å². The van der Waals surface area contributed by atoms with E-state index in [1.807, 2.05) is 0 Å². The van der Waals surface area contributed by atoms with Crippen LogP contribution in [0.2, 0.25) is 0 Å². The van der Waals surface area contributed by atoms with Gasteiger partial charge in [-0.15, -0.1) is 0 Å². The van der Waals surface area contributed by atoms with Crippen LogP contribution in [0, 0.1) is 28.4 Å². The number of carbonyl (C=O) groups is 1. The predicted molar refractivity (Wildman–Crippen MR) is 60.7 cm³/mol. The second-order valence-electron chi connectivity index (χ2n) is 3.11. The van der Waals surface area contributed by atoms with E-state index in [1.54, 1.807) is 13.0 Å². The number of aryl methyl sites for hydroxylation is 1. The van der Waals surface area contributed by atoms with E-state index >= 15 is 0 Å². The topological polar surface area (TPSA) is 84.0 Å². The molecule has 0 unspecified atom stereocenters. The van der Waals surface area contributed by atoms with Crippen molar-refractivity contribution in [2.75, 3.05) is 5.33 Å². The number of alkyl halides is 1. The maximum atomic E-state index is 11.5. The number of hydrogen-bond donors (Lipinski definition) is 0. The van der Waals surface area contributed by atoms with Gasteiger partial charge >= 0.3 is 0 Å². The number of nitro groups is 1. The van der Waals surface area contributed by atoms with Crippen LogP contribution in [0.4, 0.5) is 5.69 Å². The third-order valence-electron chi connectivity index (χ3n) is 2.05. The van der Waals surface area contributed by atoms with Crippen LogP contribution >= 0.6 is 15.9 Å². The van der Waals surface area contributed by atoms with Crippen LogP contribution in [0.5, 0.6) is 0 Å². The molecule has 0 aliphatic rings. The number of carbonyl (C=O) groups excluding carboxylic acids is 1. The third-order valence-corrected chi connectivity index (χ3v) is 2.56. The minimum Gasteiger partial charge on any atom is -0.293 e. The fourth-order valence-electron chi connectivity index (χ4n) is 1.40. The molecule has 82 valence electrons. The Bertz CT molecular complexity index is 506. The predicted octanol–water partition coefficient (Wildman–Crippen LogP) is 2.35. The van der Waals surface area contributed by atoms with Gasteiger partial charge in [0, 0.05) is 17.7 Å². The van der Waals surface area contributed by atoms with Gasteiger partial charge in [-0.3, -0.25) is 14.9 Å². The summed E-state index contributed by atoms with van der Waals surface area (Å²) in [6.45, 7) is 1.57. The van der Waals surface area contributed by atoms with Crippen LogP contribution in [0.15, 0.2) is 12.1 Å². The molecule has 1 aromatic carbocycles. The minimum absolute atomic E-state index is 0.0381. The molecule has 0 radical (unpaired) electrons. The van der Waals surface area contributed by atoms with E-state index in [0.717, 1.165) is 6.07 Å². The molecule has 0 aliphatic heterocycles. The van der Waals surface area contributed by atoms with Crippen molar-refractivity contribution in [1.82, 2.24) is 0 Å². The molecule has 1 aromatic rings. The Morgan fingerprint density at radius 2 is 2.25 bits per heavy atom. The lowest BCUT2D eigenvalue weighted by Crippen LogP contribution is -2.07. The first-order valence-corrected chi connectivity index (χ1v) is 5.41. The molecule has 0 saturated heterocycles. The van der Waals surface area contributed by atoms with E-state index < -0.39 is 4.92 Å². The van der Waals surface area contributed by atoms with Gasteiger partial charge in [0.15, 0.2) is 5.78 Å². The zero-order valence-electron chi connectivity index (χ0n) is 8.36. The van der Waals surface area contributed by atoms with Gasteiger partial charge in [-0.25, -0.2) is 0 Å². The van der Waals surface area contributed by atoms with E-state index in [1.165, 1.54) is 6.07 Å². The zero-order chi connectivity index (χ0) is 12.3. The molecule has 0 atom stereocenters. The number of hydrogen-bond acceptors (Lipinski definition) is 4. The van der Waals surface area contributed by atoms with Gasteiger partial charge in [0.1, 0.15) is 6.07 Å². The number of nitrogens with zero attached hydrogens (tertiary/aromatic N) is 2. The van der Waals surface area contributed by atoms with E-state index in [2.05, 4.69) is 15.9 Å². The lowest BCUT2D eigenvalue weighted by molar-refractivity contribution is -0.384. The highest BCUT2D eigenvalue weighted by molar-refractivity contribution is 9.09. The Morgan fingerprint density at radius 1 is 1.62 bits per heavy atom. The van der Waals surface area contributed by atoms with E-state index in [9.17, 15) is 14.9 Å². The monoisotopic (exact) mass is 282 g/mol. The SMILES string of the molecule is Cc1cc([N+](=O)[O-])cc(C#N)c1C(=O)CBr. The smallest absolute Gasteiger partial charge is 0.271 e. The fourth-order valence-corrected chi connectivity index (χ4v) is 1.68. The molecule has 0 aliphatic carbocycles. The van der Waals surface area contributed by atoms with Gasteiger partial charge in [0.2, 0.25) is 0 Å². The molecule has 0 saturated carbocycles. The molecule has 0 N–H and O–H groups in total. The van der Waals surface area contributed by atoms with Crippen molar-refractivity contribution in [3.05, 3.63) is 38.9 Å². The summed E-state index contributed by atoms with van der Waals surface area (Å²) in [5.74, 6) is -0.260. The van der Waals surface area contributed by atoms with Crippen LogP contribution in [-0.4, -0.2) is 16.0 Å². The Morgan fingerprint density at radius 3 is 2.69 bits per heavy atom. The molecule has 0 aromatic heterocycles. The van der Waals surface area contributed by atoms with Crippen LogP contribution in [0.3, 0.4) is 0 Å². The summed E-state index contributed by atoms with van der Waals surface area (Å²) in [5, 5.41) is 19.5. The molecule has 6 heteroatoms. The van der Waals surface area contributed by atoms with E-state index in [-0.39, 0.29) is 27.9 Å². The zero-order valence-corrected chi connectivity index (χ0v) is 9.94. The summed E-state index contributed by atoms with van der Waals surface area (Å²) in [7, 11) is 0. The number of rotatable bonds is 3. The third kappa shape index (κ3) is 2.25. The maximum absolute atomic E-state index is 11.5. The van der Waals surface area contributed by atoms with Gasteiger partial charge in [-0.05, 0) is 12.5 Å². The fraction of sp³-hybridized carbons (Fsp3) is 0.200. The van der Waals surface area contributed by atoms with Crippen molar-refractivity contribution in [1.29, 1.82) is 5.26 Å². The number of non-ortho nitro benzene ring substituents is 1. The lowest BCUT2D eigenvalue weighted by Gasteiger charge is -2.05. The average molecular weight is 283 g/mol. The number of benzene rings is 1. The molecule has 0 amide bonds. The first-order valence-electron chi connectivity index (χ1n) is 4.29. The summed E-state index contributed by atoms with van der Waals surface area (Å²) in [6, 6.07) is 4.20. The van der Waals surface area contributed by atoms with Crippen molar-refractivity contribution in [2.24, 2.45) is 0 Å². The van der Waals surface area contributed by atoms with Gasteiger partial charge < -0.3 is 0 Å². The van der Waals surface area contributed by atoms with Crippen molar-refractivity contribution in [2.45, 2.75) is 6.92 Å². The van der Waals surface area contributed by atoms with Crippen LogP contribution in [-0.2, 0) is 0 Å². The van der Waals surface area contributed by atoms with Gasteiger partial charge in [-0.2, -0.15) is 5.26 Å². The normalized spacial score (nSPS) is 9.56. The number of nitriles is 1. The number of halogens is 1. The Kier molecular flexibility index (Phi) is 3.74. The van der Waals surface area contributed by atoms with Gasteiger partial charge in [0.05, 0.1) is 15.8 Å². The Hall–Kier alpha value is -1.74. The van der Waals surface area contributed by atoms with Crippen LogP contribution in [0.1, 0.15) is 21.5 Å². The van der Waals surface area contributed by atoms with Gasteiger partial charge in [0.25, 0.3) is 5.69 Å². The minimum atomic E-state index is -0.587. The van der Waals surface area contributed by atoms with Gasteiger partial charge in [-0.1, -0.05) is 15.9 Å². The number of Topliss-reactive ketones (excluding diaryl/α,β-unsaturated/α-hetero) is 1. The van der Waals surface area contributed by atoms with E-state index in [0.29, 0.717) is 5.56 Å². The second-order valence-corrected chi connectivity index (χ2v) is 3.67. The van der Waals surface area contributed by atoms with Crippen LogP contribution < -0.4 is 0 Å². The molecular formula is C10H7BrN2O3. The molecule has 0 bridgehead atoms. The number of ketones is 1. The highest BCUT2D eigenvalue weighted by atomic mass is 79.9. The molecule has 0 spiro atoms. The molecule has 0 fully saturated rings. The first kappa shape index (κ1) is 12.3. The van der Waals surface area contributed by atoms with Crippen molar-refractivity contribution in [3.8, 4) is 6.07 Å². The standard InChI is InChI=1S/C10H7BrN2O3/c1-6-2-8(13(15)16)3-7(5-12)10(6)9(14)4-11/h2-3H,4H2,1H3. The molecule has 5 nitrogen and oxygen atoms in total. The first-order chi connectivity index (χ1) is 7.51. The summed E-state index contributed by atoms with van der Waals surface area (Å²) < 4.78 is 0. The highest BCUT2D eigenvalue weighted by Crippen LogP contribution is 2.22. The van der Waals surface area contributed by atoms with Crippen molar-refractivity contribution >= 4 is 27.4 Å². The maximum Gasteiger partial charge on any atom is 0.271 e. The highest BCUT2D eigenvalue weighted by Gasteiger charge is 2.18. The Balaban J connectivity index is 3.48. The second kappa shape index (κ2) is 4.86. The summed E-state index contributed by atoms with van der Waals surface area (Å²) in [4.78, 5) is 21.5. The quantitative estimate of drug-likeness (QED) is 0.369. The largest absolute Gasteiger partial charge is 0.293 e. The summed E-state index contributed by atoms with van der Waals surface area (Å²) in [5.41, 5.74) is 0.538. The molecule has 0 heterocycles. The van der Waals surface area contributed by atoms with Crippen molar-refractivity contribution < 1.29 is 9.72 Å². The summed E-state index contributed by atoms with van der Waals surface area (Å²) in [6.07, 6.45) is 0. The van der Waals surface area contributed by atoms with E-state index in [4.69, 9.17) is 5.26 Å². The average Bonchev–Trinajstić information content (AvgIpc) is 2.26.